The van der Waals surface area contributed by atoms with E-state index >= 15 is 0 Å². The molecule has 0 aromatic carbocycles. The minimum atomic E-state index is -4.40. The summed E-state index contributed by atoms with van der Waals surface area (Å²) in [6.45, 7) is 1.05. The lowest BCUT2D eigenvalue weighted by Crippen LogP contribution is -2.11. The maximum absolute atomic E-state index is 12.7. The van der Waals surface area contributed by atoms with Crippen LogP contribution in [0.1, 0.15) is 16.9 Å². The van der Waals surface area contributed by atoms with Crippen molar-refractivity contribution in [2.24, 2.45) is 7.05 Å². The average Bonchev–Trinajstić information content (AvgIpc) is 3.06. The number of aryl methyl sites for hydroxylation is 1. The van der Waals surface area contributed by atoms with E-state index in [1.165, 1.54) is 18.4 Å². The van der Waals surface area contributed by atoms with Crippen molar-refractivity contribution in [3.05, 3.63) is 28.8 Å². The van der Waals surface area contributed by atoms with E-state index in [-0.39, 0.29) is 0 Å². The summed E-state index contributed by atoms with van der Waals surface area (Å²) in [5.41, 5.74) is -0.468. The van der Waals surface area contributed by atoms with Gasteiger partial charge in [0.2, 0.25) is 0 Å². The van der Waals surface area contributed by atoms with Gasteiger partial charge in [-0.25, -0.2) is 0 Å². The summed E-state index contributed by atoms with van der Waals surface area (Å²) in [6, 6.07) is 4.57. The topological polar surface area (TPSA) is 36.3 Å². The van der Waals surface area contributed by atoms with Crippen LogP contribution < -0.4 is 0 Å². The smallest absolute Gasteiger partial charge is 0.345 e. The third-order valence-electron chi connectivity index (χ3n) is 2.90. The zero-order valence-electron chi connectivity index (χ0n) is 10.5. The van der Waals surface area contributed by atoms with Crippen LogP contribution in [0.15, 0.2) is 18.2 Å². The highest BCUT2D eigenvalue weighted by molar-refractivity contribution is 7.15. The molecule has 0 amide bonds. The molecular weight excluding hydrogens is 293 g/mol. The number of halogens is 3. The van der Waals surface area contributed by atoms with Gasteiger partial charge in [0.1, 0.15) is 11.4 Å². The summed E-state index contributed by atoms with van der Waals surface area (Å²) in [7, 11) is 1.28. The summed E-state index contributed by atoms with van der Waals surface area (Å²) in [6.07, 6.45) is -4.82. The van der Waals surface area contributed by atoms with Crippen LogP contribution >= 0.6 is 11.3 Å². The highest BCUT2D eigenvalue weighted by Gasteiger charge is 2.35. The Morgan fingerprint density at radius 2 is 2.00 bits per heavy atom. The van der Waals surface area contributed by atoms with E-state index < -0.39 is 18.2 Å². The fourth-order valence-electron chi connectivity index (χ4n) is 1.99. The molecule has 20 heavy (non-hydrogen) atoms. The van der Waals surface area contributed by atoms with Gasteiger partial charge in [0.15, 0.2) is 6.29 Å². The van der Waals surface area contributed by atoms with E-state index in [0.29, 0.717) is 23.8 Å². The fourth-order valence-corrected chi connectivity index (χ4v) is 2.96. The molecule has 0 atom stereocenters. The Labute approximate surface area is 116 Å². The first-order valence-corrected chi connectivity index (χ1v) is 6.71. The molecule has 0 N–H and O–H groups in total. The molecule has 108 valence electrons. The molecule has 0 bridgehead atoms. The first-order chi connectivity index (χ1) is 9.45. The molecule has 1 aliphatic rings. The number of hydrogen-bond acceptors (Lipinski definition) is 4. The number of alkyl halides is 3. The van der Waals surface area contributed by atoms with Gasteiger partial charge in [-0.1, -0.05) is 0 Å². The van der Waals surface area contributed by atoms with Crippen molar-refractivity contribution in [1.29, 1.82) is 0 Å². The van der Waals surface area contributed by atoms with Crippen molar-refractivity contribution in [3.63, 3.8) is 0 Å². The Kier molecular flexibility index (Phi) is 3.31. The molecule has 3 rings (SSSR count). The Bertz CT molecular complexity index is 614. The molecule has 2 aromatic rings. The predicted molar refractivity (Wildman–Crippen MR) is 66.2 cm³/mol. The Hall–Kier alpha value is -1.38. The van der Waals surface area contributed by atoms with E-state index in [1.54, 1.807) is 12.1 Å². The van der Waals surface area contributed by atoms with Crippen LogP contribution in [-0.2, 0) is 22.7 Å². The summed E-state index contributed by atoms with van der Waals surface area (Å²) < 4.78 is 49.7. The van der Waals surface area contributed by atoms with Crippen LogP contribution in [0, 0.1) is 0 Å². The van der Waals surface area contributed by atoms with Crippen molar-refractivity contribution in [2.75, 3.05) is 13.2 Å². The molecule has 0 radical (unpaired) electrons. The SMILES string of the molecule is Cn1nc(-c2ccc(C3OCCO3)s2)cc1C(F)(F)F. The zero-order chi connectivity index (χ0) is 14.3. The number of hydrogen-bond donors (Lipinski definition) is 0. The monoisotopic (exact) mass is 304 g/mol. The molecule has 1 aliphatic heterocycles. The fraction of sp³-hybridized carbons (Fsp3) is 0.417. The van der Waals surface area contributed by atoms with Crippen LogP contribution in [-0.4, -0.2) is 23.0 Å². The molecule has 0 unspecified atom stereocenters. The molecule has 2 aromatic heterocycles. The second-order valence-corrected chi connectivity index (χ2v) is 5.43. The first-order valence-electron chi connectivity index (χ1n) is 5.90. The molecule has 1 fully saturated rings. The molecule has 1 saturated heterocycles. The molecule has 0 spiro atoms. The van der Waals surface area contributed by atoms with E-state index in [1.807, 2.05) is 0 Å². The maximum Gasteiger partial charge on any atom is 0.433 e. The van der Waals surface area contributed by atoms with Gasteiger partial charge in [0.05, 0.1) is 23.0 Å². The largest absolute Gasteiger partial charge is 0.433 e. The molecule has 4 nitrogen and oxygen atoms in total. The number of thiophene rings is 1. The molecule has 0 saturated carbocycles. The van der Waals surface area contributed by atoms with Gasteiger partial charge in [-0.2, -0.15) is 18.3 Å². The molecule has 3 heterocycles. The van der Waals surface area contributed by atoms with Gasteiger partial charge in [-0.15, -0.1) is 11.3 Å². The Morgan fingerprint density at radius 1 is 1.30 bits per heavy atom. The quantitative estimate of drug-likeness (QED) is 0.855. The Morgan fingerprint density at radius 3 is 2.60 bits per heavy atom. The highest BCUT2D eigenvalue weighted by Crippen LogP contribution is 2.37. The van der Waals surface area contributed by atoms with Gasteiger partial charge >= 0.3 is 6.18 Å². The Balaban J connectivity index is 1.90. The minimum Gasteiger partial charge on any atom is -0.345 e. The molecular formula is C12H11F3N2O2S. The predicted octanol–water partition coefficient (Wildman–Crippen LogP) is 3.21. The summed E-state index contributed by atoms with van der Waals surface area (Å²) in [5.74, 6) is 0. The highest BCUT2D eigenvalue weighted by atomic mass is 32.1. The normalized spacial score (nSPS) is 17.0. The van der Waals surface area contributed by atoms with Crippen LogP contribution in [0.2, 0.25) is 0 Å². The van der Waals surface area contributed by atoms with Gasteiger partial charge < -0.3 is 9.47 Å². The van der Waals surface area contributed by atoms with Gasteiger partial charge in [0.25, 0.3) is 0 Å². The van der Waals surface area contributed by atoms with E-state index in [9.17, 15) is 13.2 Å². The van der Waals surface area contributed by atoms with Crippen molar-refractivity contribution >= 4 is 11.3 Å². The number of aromatic nitrogens is 2. The zero-order valence-corrected chi connectivity index (χ0v) is 11.3. The second kappa shape index (κ2) is 4.87. The van der Waals surface area contributed by atoms with E-state index in [4.69, 9.17) is 9.47 Å². The van der Waals surface area contributed by atoms with Crippen molar-refractivity contribution in [3.8, 4) is 10.6 Å². The molecule has 0 aliphatic carbocycles. The van der Waals surface area contributed by atoms with Crippen molar-refractivity contribution < 1.29 is 22.6 Å². The average molecular weight is 304 g/mol. The third-order valence-corrected chi connectivity index (χ3v) is 4.03. The van der Waals surface area contributed by atoms with E-state index in [2.05, 4.69) is 5.10 Å². The van der Waals surface area contributed by atoms with Crippen molar-refractivity contribution in [2.45, 2.75) is 12.5 Å². The number of rotatable bonds is 2. The van der Waals surface area contributed by atoms with Crippen LogP contribution in [0.25, 0.3) is 10.6 Å². The lowest BCUT2D eigenvalue weighted by molar-refractivity contribution is -0.143. The van der Waals surface area contributed by atoms with Crippen LogP contribution in [0.5, 0.6) is 0 Å². The summed E-state index contributed by atoms with van der Waals surface area (Å²) in [5, 5.41) is 3.91. The third kappa shape index (κ3) is 2.46. The van der Waals surface area contributed by atoms with E-state index in [0.717, 1.165) is 15.6 Å². The van der Waals surface area contributed by atoms with Gasteiger partial charge in [-0.3, -0.25) is 4.68 Å². The van der Waals surface area contributed by atoms with Crippen LogP contribution in [0.4, 0.5) is 13.2 Å². The second-order valence-electron chi connectivity index (χ2n) is 4.31. The van der Waals surface area contributed by atoms with Crippen LogP contribution in [0.3, 0.4) is 0 Å². The number of ether oxygens (including phenoxy) is 2. The van der Waals surface area contributed by atoms with Gasteiger partial charge in [-0.05, 0) is 18.2 Å². The number of nitrogens with zero attached hydrogens (tertiary/aromatic N) is 2. The first kappa shape index (κ1) is 13.6. The summed E-state index contributed by atoms with van der Waals surface area (Å²) in [4.78, 5) is 1.49. The lowest BCUT2D eigenvalue weighted by Gasteiger charge is -2.04. The summed E-state index contributed by atoms with van der Waals surface area (Å²) >= 11 is 1.32. The molecule has 8 heteroatoms. The lowest BCUT2D eigenvalue weighted by atomic mass is 10.3. The standard InChI is InChI=1S/C12H11F3N2O2S/c1-17-10(12(13,14)15)6-7(16-17)8-2-3-9(20-8)11-18-4-5-19-11/h2-3,6,11H,4-5H2,1H3. The van der Waals surface area contributed by atoms with Crippen molar-refractivity contribution in [1.82, 2.24) is 9.78 Å². The maximum atomic E-state index is 12.7. The minimum absolute atomic E-state index is 0.300. The van der Waals surface area contributed by atoms with Gasteiger partial charge in [0, 0.05) is 7.05 Å².